The molecule has 0 radical (unpaired) electrons. The predicted octanol–water partition coefficient (Wildman–Crippen LogP) is 4.10. The van der Waals surface area contributed by atoms with Crippen LogP contribution >= 0.6 is 15.9 Å². The SMILES string of the molecule is COc1ccc2c(c1)C(Br)CC(C)CC2. The largest absolute Gasteiger partial charge is 0.497 e. The molecule has 1 aromatic carbocycles. The summed E-state index contributed by atoms with van der Waals surface area (Å²) in [6, 6.07) is 6.45. The molecule has 0 bridgehead atoms. The van der Waals surface area contributed by atoms with Crippen molar-refractivity contribution in [1.82, 2.24) is 0 Å². The van der Waals surface area contributed by atoms with E-state index in [9.17, 15) is 0 Å². The number of ether oxygens (including phenoxy) is 1. The molecule has 82 valence electrons. The molecule has 0 aromatic heterocycles. The lowest BCUT2D eigenvalue weighted by Gasteiger charge is -2.13. The Bertz CT molecular complexity index is 348. The van der Waals surface area contributed by atoms with E-state index in [1.54, 1.807) is 7.11 Å². The average molecular weight is 269 g/mol. The van der Waals surface area contributed by atoms with Crippen LogP contribution in [-0.4, -0.2) is 7.11 Å². The van der Waals surface area contributed by atoms with Gasteiger partial charge in [-0.2, -0.15) is 0 Å². The molecule has 1 nitrogen and oxygen atoms in total. The number of fused-ring (bicyclic) bond motifs is 1. The van der Waals surface area contributed by atoms with Gasteiger partial charge in [-0.1, -0.05) is 28.9 Å². The van der Waals surface area contributed by atoms with E-state index in [2.05, 4.69) is 41.1 Å². The van der Waals surface area contributed by atoms with Gasteiger partial charge in [0.1, 0.15) is 5.75 Å². The highest BCUT2D eigenvalue weighted by atomic mass is 79.9. The summed E-state index contributed by atoms with van der Waals surface area (Å²) in [5, 5.41) is 0. The van der Waals surface area contributed by atoms with Gasteiger partial charge in [0.2, 0.25) is 0 Å². The van der Waals surface area contributed by atoms with E-state index < -0.39 is 0 Å². The predicted molar refractivity (Wildman–Crippen MR) is 66.8 cm³/mol. The zero-order valence-corrected chi connectivity index (χ0v) is 10.9. The third kappa shape index (κ3) is 2.36. The lowest BCUT2D eigenvalue weighted by molar-refractivity contribution is 0.414. The lowest BCUT2D eigenvalue weighted by Crippen LogP contribution is -1.96. The van der Waals surface area contributed by atoms with Crippen LogP contribution in [0.25, 0.3) is 0 Å². The number of halogens is 1. The molecule has 0 saturated heterocycles. The van der Waals surface area contributed by atoms with Gasteiger partial charge in [-0.25, -0.2) is 0 Å². The Hall–Kier alpha value is -0.500. The molecule has 2 atom stereocenters. The van der Waals surface area contributed by atoms with E-state index in [0.717, 1.165) is 11.7 Å². The number of hydrogen-bond donors (Lipinski definition) is 0. The second-order valence-corrected chi connectivity index (χ2v) is 5.52. The van der Waals surface area contributed by atoms with Crippen molar-refractivity contribution < 1.29 is 4.74 Å². The van der Waals surface area contributed by atoms with Crippen LogP contribution in [-0.2, 0) is 6.42 Å². The highest BCUT2D eigenvalue weighted by molar-refractivity contribution is 9.09. The Labute approximate surface area is 100.0 Å². The molecule has 0 heterocycles. The third-order valence-electron chi connectivity index (χ3n) is 3.21. The Balaban J connectivity index is 2.36. The Morgan fingerprint density at radius 3 is 2.93 bits per heavy atom. The smallest absolute Gasteiger partial charge is 0.119 e. The zero-order chi connectivity index (χ0) is 10.8. The lowest BCUT2D eigenvalue weighted by atomic mass is 10.0. The molecule has 2 rings (SSSR count). The standard InChI is InChI=1S/C13H17BrO/c1-9-3-4-10-5-6-11(15-2)8-12(10)13(14)7-9/h5-6,8-9,13H,3-4,7H2,1-2H3. The zero-order valence-electron chi connectivity index (χ0n) is 9.29. The maximum Gasteiger partial charge on any atom is 0.119 e. The Kier molecular flexibility index (Phi) is 3.35. The first kappa shape index (κ1) is 11.0. The molecule has 2 heteroatoms. The first-order valence-corrected chi connectivity index (χ1v) is 6.43. The summed E-state index contributed by atoms with van der Waals surface area (Å²) in [5.41, 5.74) is 2.89. The van der Waals surface area contributed by atoms with Crippen molar-refractivity contribution in [2.75, 3.05) is 7.11 Å². The molecule has 15 heavy (non-hydrogen) atoms. The highest BCUT2D eigenvalue weighted by Crippen LogP contribution is 2.38. The van der Waals surface area contributed by atoms with Crippen molar-refractivity contribution in [3.8, 4) is 5.75 Å². The topological polar surface area (TPSA) is 9.23 Å². The van der Waals surface area contributed by atoms with Crippen molar-refractivity contribution in [2.24, 2.45) is 5.92 Å². The van der Waals surface area contributed by atoms with E-state index >= 15 is 0 Å². The number of aryl methyl sites for hydroxylation is 1. The quantitative estimate of drug-likeness (QED) is 0.551. The Morgan fingerprint density at radius 2 is 2.20 bits per heavy atom. The normalized spacial score (nSPS) is 25.5. The molecular formula is C13H17BrO. The summed E-state index contributed by atoms with van der Waals surface area (Å²) in [4.78, 5) is 0.486. The second-order valence-electron chi connectivity index (χ2n) is 4.41. The number of rotatable bonds is 1. The molecule has 1 aliphatic rings. The van der Waals surface area contributed by atoms with Gasteiger partial charge in [-0.3, -0.25) is 0 Å². The van der Waals surface area contributed by atoms with Crippen LogP contribution in [0.2, 0.25) is 0 Å². The summed E-state index contributed by atoms with van der Waals surface area (Å²) >= 11 is 3.79. The van der Waals surface area contributed by atoms with Crippen LogP contribution in [0.15, 0.2) is 18.2 Å². The van der Waals surface area contributed by atoms with Crippen LogP contribution < -0.4 is 4.74 Å². The van der Waals surface area contributed by atoms with Crippen LogP contribution in [0.4, 0.5) is 0 Å². The number of hydrogen-bond acceptors (Lipinski definition) is 1. The minimum atomic E-state index is 0.486. The van der Waals surface area contributed by atoms with Gasteiger partial charge in [-0.05, 0) is 48.4 Å². The van der Waals surface area contributed by atoms with Crippen LogP contribution in [0.3, 0.4) is 0 Å². The van der Waals surface area contributed by atoms with Gasteiger partial charge in [-0.15, -0.1) is 0 Å². The van der Waals surface area contributed by atoms with Gasteiger partial charge in [0, 0.05) is 4.83 Å². The molecular weight excluding hydrogens is 252 g/mol. The fraction of sp³-hybridized carbons (Fsp3) is 0.538. The van der Waals surface area contributed by atoms with Gasteiger partial charge in [0.15, 0.2) is 0 Å². The van der Waals surface area contributed by atoms with Crippen molar-refractivity contribution in [1.29, 1.82) is 0 Å². The Morgan fingerprint density at radius 1 is 1.40 bits per heavy atom. The highest BCUT2D eigenvalue weighted by Gasteiger charge is 2.20. The second kappa shape index (κ2) is 4.56. The van der Waals surface area contributed by atoms with Crippen molar-refractivity contribution in [2.45, 2.75) is 31.0 Å². The minimum Gasteiger partial charge on any atom is -0.497 e. The monoisotopic (exact) mass is 268 g/mol. The summed E-state index contributed by atoms with van der Waals surface area (Å²) in [5.74, 6) is 1.76. The average Bonchev–Trinajstić information content (AvgIpc) is 2.38. The van der Waals surface area contributed by atoms with Gasteiger partial charge >= 0.3 is 0 Å². The third-order valence-corrected chi connectivity index (χ3v) is 4.07. The van der Waals surface area contributed by atoms with Crippen molar-refractivity contribution >= 4 is 15.9 Å². The molecule has 1 aliphatic carbocycles. The first-order chi connectivity index (χ1) is 7.20. The molecule has 0 spiro atoms. The molecule has 0 fully saturated rings. The minimum absolute atomic E-state index is 0.486. The summed E-state index contributed by atoms with van der Waals surface area (Å²) < 4.78 is 5.28. The fourth-order valence-corrected chi connectivity index (χ4v) is 3.28. The fourth-order valence-electron chi connectivity index (χ4n) is 2.22. The maximum atomic E-state index is 5.28. The van der Waals surface area contributed by atoms with E-state index in [0.29, 0.717) is 4.83 Å². The summed E-state index contributed by atoms with van der Waals surface area (Å²) in [7, 11) is 1.73. The molecule has 0 amide bonds. The van der Waals surface area contributed by atoms with Gasteiger partial charge in [0.25, 0.3) is 0 Å². The molecule has 0 saturated carbocycles. The van der Waals surface area contributed by atoms with Gasteiger partial charge in [0.05, 0.1) is 7.11 Å². The van der Waals surface area contributed by atoms with Crippen LogP contribution in [0.1, 0.15) is 35.7 Å². The molecule has 0 aliphatic heterocycles. The van der Waals surface area contributed by atoms with E-state index in [4.69, 9.17) is 4.74 Å². The molecule has 0 N–H and O–H groups in total. The molecule has 2 unspecified atom stereocenters. The number of methoxy groups -OCH3 is 1. The van der Waals surface area contributed by atoms with E-state index in [-0.39, 0.29) is 0 Å². The van der Waals surface area contributed by atoms with E-state index in [1.807, 2.05) is 0 Å². The molecule has 1 aromatic rings. The van der Waals surface area contributed by atoms with Crippen LogP contribution in [0.5, 0.6) is 5.75 Å². The first-order valence-electron chi connectivity index (χ1n) is 5.51. The van der Waals surface area contributed by atoms with Crippen molar-refractivity contribution in [3.63, 3.8) is 0 Å². The van der Waals surface area contributed by atoms with Crippen molar-refractivity contribution in [3.05, 3.63) is 29.3 Å². The van der Waals surface area contributed by atoms with E-state index in [1.165, 1.54) is 30.4 Å². The summed E-state index contributed by atoms with van der Waals surface area (Å²) in [6.45, 7) is 2.33. The van der Waals surface area contributed by atoms with Crippen LogP contribution in [0, 0.1) is 5.92 Å². The number of alkyl halides is 1. The number of benzene rings is 1. The maximum absolute atomic E-state index is 5.28. The summed E-state index contributed by atoms with van der Waals surface area (Å²) in [6.07, 6.45) is 3.71. The van der Waals surface area contributed by atoms with Gasteiger partial charge < -0.3 is 4.74 Å².